The Labute approximate surface area is 83.8 Å². The normalized spacial score (nSPS) is 21.0. The van der Waals surface area contributed by atoms with Crippen LogP contribution in [0.15, 0.2) is 0 Å². The van der Waals surface area contributed by atoms with Crippen molar-refractivity contribution >= 4 is 15.9 Å². The lowest BCUT2D eigenvalue weighted by molar-refractivity contribution is -0.121. The lowest BCUT2D eigenvalue weighted by Crippen LogP contribution is -2.35. The fourth-order valence-corrected chi connectivity index (χ4v) is 2.22. The molecule has 0 aromatic carbocycles. The molecule has 0 saturated carbocycles. The Bertz CT molecular complexity index is 303. The van der Waals surface area contributed by atoms with Gasteiger partial charge in [0.2, 0.25) is 0 Å². The van der Waals surface area contributed by atoms with E-state index in [-0.39, 0.29) is 11.7 Å². The molecule has 0 spiro atoms. The number of hydrogen-bond donors (Lipinski definition) is 1. The van der Waals surface area contributed by atoms with Crippen LogP contribution in [0.3, 0.4) is 0 Å². The van der Waals surface area contributed by atoms with Crippen molar-refractivity contribution in [2.24, 2.45) is 5.92 Å². The summed E-state index contributed by atoms with van der Waals surface area (Å²) in [5.41, 5.74) is 0. The number of hydrogen-bond acceptors (Lipinski definition) is 4. The molecule has 82 valence electrons. The van der Waals surface area contributed by atoms with E-state index in [9.17, 15) is 13.2 Å². The molecule has 1 aliphatic rings. The number of likely N-dealkylation sites (tertiary alicyclic amines) is 1. The molecule has 5 nitrogen and oxygen atoms in total. The molecule has 1 N–H and O–H groups in total. The first-order chi connectivity index (χ1) is 6.38. The van der Waals surface area contributed by atoms with Gasteiger partial charge in [-0.25, -0.2) is 0 Å². The highest BCUT2D eigenvalue weighted by Gasteiger charge is 2.26. The predicted octanol–water partition coefficient (Wildman–Crippen LogP) is -0.215. The highest BCUT2D eigenvalue weighted by atomic mass is 32.2. The second-order valence-electron chi connectivity index (χ2n) is 3.77. The number of piperidine rings is 1. The quantitative estimate of drug-likeness (QED) is 0.667. The van der Waals surface area contributed by atoms with E-state index in [1.807, 2.05) is 7.05 Å². The number of rotatable bonds is 3. The highest BCUT2D eigenvalue weighted by Crippen LogP contribution is 2.17. The zero-order valence-electron chi connectivity index (χ0n) is 8.14. The minimum atomic E-state index is -4.15. The third-order valence-electron chi connectivity index (χ3n) is 2.50. The summed E-state index contributed by atoms with van der Waals surface area (Å²) in [5, 5.41) is 0. The van der Waals surface area contributed by atoms with E-state index < -0.39 is 15.9 Å². The molecular weight excluding hydrogens is 206 g/mol. The molecule has 0 unspecified atom stereocenters. The smallest absolute Gasteiger partial charge is 0.272 e. The highest BCUT2D eigenvalue weighted by molar-refractivity contribution is 7.86. The van der Waals surface area contributed by atoms with Crippen molar-refractivity contribution in [2.75, 3.05) is 25.9 Å². The van der Waals surface area contributed by atoms with Gasteiger partial charge in [-0.05, 0) is 33.0 Å². The van der Waals surface area contributed by atoms with Gasteiger partial charge in [-0.15, -0.1) is 0 Å². The summed E-state index contributed by atoms with van der Waals surface area (Å²) in [6.07, 6.45) is 1.37. The molecule has 0 radical (unpaired) electrons. The summed E-state index contributed by atoms with van der Waals surface area (Å²) in [5.74, 6) is -1.30. The summed E-state index contributed by atoms with van der Waals surface area (Å²) in [7, 11) is -2.19. The average Bonchev–Trinajstić information content (AvgIpc) is 2.02. The molecule has 0 amide bonds. The number of ketones is 1. The topological polar surface area (TPSA) is 74.7 Å². The van der Waals surface area contributed by atoms with Crippen molar-refractivity contribution in [1.82, 2.24) is 4.90 Å². The summed E-state index contributed by atoms with van der Waals surface area (Å²) < 4.78 is 29.5. The maximum Gasteiger partial charge on any atom is 0.272 e. The third kappa shape index (κ3) is 3.73. The van der Waals surface area contributed by atoms with Gasteiger partial charge in [0.15, 0.2) is 5.78 Å². The van der Waals surface area contributed by atoms with Crippen molar-refractivity contribution in [3.8, 4) is 0 Å². The van der Waals surface area contributed by atoms with E-state index in [1.165, 1.54) is 0 Å². The van der Waals surface area contributed by atoms with Crippen LogP contribution >= 0.6 is 0 Å². The summed E-state index contributed by atoms with van der Waals surface area (Å²) in [4.78, 5) is 13.5. The molecule has 1 saturated heterocycles. The van der Waals surface area contributed by atoms with E-state index >= 15 is 0 Å². The van der Waals surface area contributed by atoms with Crippen molar-refractivity contribution in [3.05, 3.63) is 0 Å². The van der Waals surface area contributed by atoms with Crippen LogP contribution in [-0.4, -0.2) is 49.5 Å². The lowest BCUT2D eigenvalue weighted by Gasteiger charge is -2.27. The van der Waals surface area contributed by atoms with Crippen molar-refractivity contribution in [1.29, 1.82) is 0 Å². The third-order valence-corrected chi connectivity index (χ3v) is 3.15. The second kappa shape index (κ2) is 4.37. The second-order valence-corrected chi connectivity index (χ2v) is 5.22. The maximum atomic E-state index is 11.4. The van der Waals surface area contributed by atoms with Crippen molar-refractivity contribution < 1.29 is 17.8 Å². The summed E-state index contributed by atoms with van der Waals surface area (Å²) >= 11 is 0. The van der Waals surface area contributed by atoms with E-state index in [4.69, 9.17) is 4.55 Å². The molecule has 0 aromatic rings. The molecule has 1 fully saturated rings. The van der Waals surface area contributed by atoms with Crippen molar-refractivity contribution in [3.63, 3.8) is 0 Å². The summed E-state index contributed by atoms with van der Waals surface area (Å²) in [6.45, 7) is 1.61. The Balaban J connectivity index is 2.46. The van der Waals surface area contributed by atoms with Crippen LogP contribution in [0.2, 0.25) is 0 Å². The van der Waals surface area contributed by atoms with Crippen LogP contribution in [0.25, 0.3) is 0 Å². The van der Waals surface area contributed by atoms with E-state index in [1.54, 1.807) is 0 Å². The largest absolute Gasteiger partial charge is 0.306 e. The molecule has 1 aliphatic heterocycles. The molecule has 0 atom stereocenters. The minimum Gasteiger partial charge on any atom is -0.306 e. The molecule has 1 rings (SSSR count). The fraction of sp³-hybridized carbons (Fsp3) is 0.875. The van der Waals surface area contributed by atoms with Gasteiger partial charge in [0.05, 0.1) is 0 Å². The SMILES string of the molecule is CN1CCC(C(=O)CS(=O)(=O)O)CC1. The predicted molar refractivity (Wildman–Crippen MR) is 51.6 cm³/mol. The standard InChI is InChI=1S/C8H15NO4S/c1-9-4-2-7(3-5-9)8(10)6-14(11,12)13/h7H,2-6H2,1H3,(H,11,12,13). The van der Waals surface area contributed by atoms with Crippen LogP contribution in [0.5, 0.6) is 0 Å². The molecule has 0 bridgehead atoms. The van der Waals surface area contributed by atoms with Gasteiger partial charge in [0.25, 0.3) is 10.1 Å². The Morgan fingerprint density at radius 3 is 2.36 bits per heavy atom. The van der Waals surface area contributed by atoms with Crippen LogP contribution in [0.4, 0.5) is 0 Å². The van der Waals surface area contributed by atoms with Gasteiger partial charge in [0.1, 0.15) is 5.75 Å². The molecular formula is C8H15NO4S. The van der Waals surface area contributed by atoms with E-state index in [0.29, 0.717) is 12.8 Å². The first-order valence-electron chi connectivity index (χ1n) is 4.55. The number of carbonyl (C=O) groups is 1. The average molecular weight is 221 g/mol. The van der Waals surface area contributed by atoms with Crippen molar-refractivity contribution in [2.45, 2.75) is 12.8 Å². The Hall–Kier alpha value is -0.460. The zero-order valence-corrected chi connectivity index (χ0v) is 8.96. The molecule has 0 aliphatic carbocycles. The van der Waals surface area contributed by atoms with Crippen LogP contribution in [0, 0.1) is 5.92 Å². The maximum absolute atomic E-state index is 11.4. The van der Waals surface area contributed by atoms with Gasteiger partial charge in [0, 0.05) is 5.92 Å². The first-order valence-corrected chi connectivity index (χ1v) is 6.16. The molecule has 6 heteroatoms. The Morgan fingerprint density at radius 2 is 1.93 bits per heavy atom. The van der Waals surface area contributed by atoms with Gasteiger partial charge in [-0.1, -0.05) is 0 Å². The van der Waals surface area contributed by atoms with Crippen LogP contribution in [-0.2, 0) is 14.9 Å². The number of carbonyl (C=O) groups excluding carboxylic acids is 1. The molecule has 0 aromatic heterocycles. The first kappa shape index (κ1) is 11.6. The molecule has 1 heterocycles. The Morgan fingerprint density at radius 1 is 1.43 bits per heavy atom. The van der Waals surface area contributed by atoms with Crippen LogP contribution in [0.1, 0.15) is 12.8 Å². The Kier molecular flexibility index (Phi) is 3.63. The zero-order chi connectivity index (χ0) is 10.8. The van der Waals surface area contributed by atoms with Crippen LogP contribution < -0.4 is 0 Å². The van der Waals surface area contributed by atoms with Gasteiger partial charge in [-0.2, -0.15) is 8.42 Å². The molecule has 14 heavy (non-hydrogen) atoms. The van der Waals surface area contributed by atoms with E-state index in [0.717, 1.165) is 13.1 Å². The lowest BCUT2D eigenvalue weighted by atomic mass is 9.94. The number of Topliss-reactive ketones (excluding diaryl/α,β-unsaturated/α-hetero) is 1. The van der Waals surface area contributed by atoms with Gasteiger partial charge >= 0.3 is 0 Å². The minimum absolute atomic E-state index is 0.201. The summed E-state index contributed by atoms with van der Waals surface area (Å²) in [6, 6.07) is 0. The fourth-order valence-electron chi connectivity index (χ4n) is 1.63. The monoisotopic (exact) mass is 221 g/mol. The van der Waals surface area contributed by atoms with Gasteiger partial charge < -0.3 is 4.90 Å². The van der Waals surface area contributed by atoms with Gasteiger partial charge in [-0.3, -0.25) is 9.35 Å². The number of nitrogens with zero attached hydrogens (tertiary/aromatic N) is 1. The van der Waals surface area contributed by atoms with E-state index in [2.05, 4.69) is 4.90 Å².